The lowest BCUT2D eigenvalue weighted by atomic mass is 10.0. The van der Waals surface area contributed by atoms with Gasteiger partial charge in [0.1, 0.15) is 6.10 Å². The summed E-state index contributed by atoms with van der Waals surface area (Å²) in [6.45, 7) is 4.15. The maximum Gasteiger partial charge on any atom is 0.220 e. The van der Waals surface area contributed by atoms with E-state index >= 15 is 0 Å². The number of hydrogen-bond acceptors (Lipinski definition) is 4. The molecule has 0 aliphatic heterocycles. The number of hydrogen-bond donors (Lipinski definition) is 4. The number of carbonyl (C=O) groups is 1. The van der Waals surface area contributed by atoms with Crippen LogP contribution >= 0.6 is 0 Å². The fraction of sp³-hybridized carbons (Fsp3) is 0.878. The maximum absolute atomic E-state index is 12.4. The molecule has 3 atom stereocenters. The Labute approximate surface area is 286 Å². The maximum atomic E-state index is 12.4. The van der Waals surface area contributed by atoms with Gasteiger partial charge in [0, 0.05) is 6.42 Å². The molecule has 0 fully saturated rings. The first-order valence-electron chi connectivity index (χ1n) is 20.1. The molecule has 5 nitrogen and oxygen atoms in total. The van der Waals surface area contributed by atoms with Gasteiger partial charge in [-0.3, -0.25) is 4.79 Å². The van der Waals surface area contributed by atoms with Crippen LogP contribution in [0.4, 0.5) is 0 Å². The molecule has 46 heavy (non-hydrogen) atoms. The Kier molecular flexibility index (Phi) is 35.7. The highest BCUT2D eigenvalue weighted by atomic mass is 16.3. The van der Waals surface area contributed by atoms with Gasteiger partial charge in [-0.15, -0.1) is 0 Å². The van der Waals surface area contributed by atoms with Gasteiger partial charge in [0.05, 0.1) is 18.8 Å². The minimum Gasteiger partial charge on any atom is -0.394 e. The van der Waals surface area contributed by atoms with Crippen molar-refractivity contribution in [3.05, 3.63) is 24.3 Å². The largest absolute Gasteiger partial charge is 0.394 e. The van der Waals surface area contributed by atoms with E-state index in [0.717, 1.165) is 44.9 Å². The summed E-state index contributed by atoms with van der Waals surface area (Å²) >= 11 is 0. The van der Waals surface area contributed by atoms with E-state index in [2.05, 4.69) is 43.5 Å². The van der Waals surface area contributed by atoms with Gasteiger partial charge in [-0.05, 0) is 64.2 Å². The van der Waals surface area contributed by atoms with Crippen molar-refractivity contribution in [2.24, 2.45) is 0 Å². The molecule has 1 amide bonds. The van der Waals surface area contributed by atoms with Crippen molar-refractivity contribution in [2.75, 3.05) is 6.61 Å². The summed E-state index contributed by atoms with van der Waals surface area (Å²) in [5.74, 6) is -0.163. The normalized spacial score (nSPS) is 13.9. The van der Waals surface area contributed by atoms with E-state index in [1.54, 1.807) is 0 Å². The SMILES string of the molecule is CCCCCCCCC/C=C\CCCCCCCC(=O)NC(CO)C(O)C(O)CCC/C=C/CCCCCCCCCCCCC. The van der Waals surface area contributed by atoms with Gasteiger partial charge in [-0.2, -0.15) is 0 Å². The van der Waals surface area contributed by atoms with Crippen LogP contribution in [0.5, 0.6) is 0 Å². The molecule has 5 heteroatoms. The number of unbranched alkanes of at least 4 members (excludes halogenated alkanes) is 24. The minimum absolute atomic E-state index is 0.163. The van der Waals surface area contributed by atoms with Crippen LogP contribution < -0.4 is 5.32 Å². The average molecular weight is 650 g/mol. The van der Waals surface area contributed by atoms with E-state index < -0.39 is 18.2 Å². The Hall–Kier alpha value is -1.17. The molecule has 0 aromatic heterocycles. The van der Waals surface area contributed by atoms with E-state index in [0.29, 0.717) is 12.8 Å². The first kappa shape index (κ1) is 44.8. The number of carbonyl (C=O) groups excluding carboxylic acids is 1. The number of aliphatic hydroxyl groups excluding tert-OH is 3. The Morgan fingerprint density at radius 3 is 1.26 bits per heavy atom. The van der Waals surface area contributed by atoms with Crippen molar-refractivity contribution in [2.45, 2.75) is 225 Å². The lowest BCUT2D eigenvalue weighted by Crippen LogP contribution is -2.50. The summed E-state index contributed by atoms with van der Waals surface area (Å²) < 4.78 is 0. The molecule has 0 heterocycles. The second-order valence-corrected chi connectivity index (χ2v) is 13.8. The van der Waals surface area contributed by atoms with Gasteiger partial charge in [0.2, 0.25) is 5.91 Å². The fourth-order valence-corrected chi connectivity index (χ4v) is 6.10. The molecule has 0 spiro atoms. The number of nitrogens with one attached hydrogen (secondary N) is 1. The number of allylic oxidation sites excluding steroid dienone is 4. The average Bonchev–Trinajstić information content (AvgIpc) is 3.06. The second-order valence-electron chi connectivity index (χ2n) is 13.8. The van der Waals surface area contributed by atoms with Crippen molar-refractivity contribution in [3.8, 4) is 0 Å². The molecule has 0 saturated carbocycles. The molecule has 0 aliphatic carbocycles. The van der Waals surface area contributed by atoms with E-state index in [1.165, 1.54) is 135 Å². The molecule has 0 rings (SSSR count). The third kappa shape index (κ3) is 31.4. The third-order valence-corrected chi connectivity index (χ3v) is 9.28. The topological polar surface area (TPSA) is 89.8 Å². The highest BCUT2D eigenvalue weighted by Gasteiger charge is 2.26. The van der Waals surface area contributed by atoms with Crippen LogP contribution in [0.25, 0.3) is 0 Å². The standard InChI is InChI=1S/C41H79NO4/c1-3-5-7-9-11-13-15-17-19-21-23-25-27-29-31-33-35-39(44)41(46)38(37-43)42-40(45)36-34-32-30-28-26-24-22-20-18-16-14-12-10-8-6-4-2/h20,22,27,29,38-39,41,43-44,46H,3-19,21,23-26,28,30-37H2,1-2H3,(H,42,45)/b22-20-,29-27+. The molecule has 0 aromatic carbocycles. The summed E-state index contributed by atoms with van der Waals surface area (Å²) in [6.07, 6.45) is 42.7. The molecule has 4 N–H and O–H groups in total. The molecule has 0 radical (unpaired) electrons. The smallest absolute Gasteiger partial charge is 0.220 e. The highest BCUT2D eigenvalue weighted by Crippen LogP contribution is 2.14. The summed E-state index contributed by atoms with van der Waals surface area (Å²) in [6, 6.07) is -0.827. The Morgan fingerprint density at radius 2 is 0.870 bits per heavy atom. The van der Waals surface area contributed by atoms with Crippen LogP contribution in [0.3, 0.4) is 0 Å². The molecular formula is C41H79NO4. The number of amides is 1. The van der Waals surface area contributed by atoms with Crippen molar-refractivity contribution in [1.82, 2.24) is 5.32 Å². The lowest BCUT2D eigenvalue weighted by Gasteiger charge is -2.26. The Bertz CT molecular complexity index is 679. The van der Waals surface area contributed by atoms with Gasteiger partial charge in [-0.25, -0.2) is 0 Å². The molecule has 0 aromatic rings. The van der Waals surface area contributed by atoms with E-state index in [-0.39, 0.29) is 12.5 Å². The Balaban J connectivity index is 3.72. The quantitative estimate of drug-likeness (QED) is 0.0401. The fourth-order valence-electron chi connectivity index (χ4n) is 6.10. The number of rotatable bonds is 36. The molecule has 0 aliphatic rings. The Morgan fingerprint density at radius 1 is 0.522 bits per heavy atom. The highest BCUT2D eigenvalue weighted by molar-refractivity contribution is 5.76. The van der Waals surface area contributed by atoms with Gasteiger partial charge < -0.3 is 20.6 Å². The lowest BCUT2D eigenvalue weighted by molar-refractivity contribution is -0.124. The zero-order chi connectivity index (χ0) is 33.8. The van der Waals surface area contributed by atoms with Gasteiger partial charge in [0.25, 0.3) is 0 Å². The van der Waals surface area contributed by atoms with Crippen molar-refractivity contribution < 1.29 is 20.1 Å². The molecule has 3 unspecified atom stereocenters. The van der Waals surface area contributed by atoms with Crippen molar-refractivity contribution in [1.29, 1.82) is 0 Å². The molecule has 0 saturated heterocycles. The summed E-state index contributed by atoms with van der Waals surface area (Å²) in [5, 5.41) is 33.4. The van der Waals surface area contributed by atoms with Crippen LogP contribution in [0.1, 0.15) is 206 Å². The van der Waals surface area contributed by atoms with Crippen LogP contribution in [0, 0.1) is 0 Å². The van der Waals surface area contributed by atoms with Gasteiger partial charge in [0.15, 0.2) is 0 Å². The first-order chi connectivity index (χ1) is 22.6. The van der Waals surface area contributed by atoms with Gasteiger partial charge in [-0.1, -0.05) is 160 Å². The predicted molar refractivity (Wildman–Crippen MR) is 199 cm³/mol. The monoisotopic (exact) mass is 650 g/mol. The van der Waals surface area contributed by atoms with E-state index in [1.807, 2.05) is 0 Å². The van der Waals surface area contributed by atoms with E-state index in [9.17, 15) is 20.1 Å². The summed E-state index contributed by atoms with van der Waals surface area (Å²) in [5.41, 5.74) is 0. The molecule has 272 valence electrons. The van der Waals surface area contributed by atoms with Crippen LogP contribution in [0.15, 0.2) is 24.3 Å². The summed E-state index contributed by atoms with van der Waals surface area (Å²) in [4.78, 5) is 12.4. The van der Waals surface area contributed by atoms with Gasteiger partial charge >= 0.3 is 0 Å². The number of aliphatic hydroxyl groups is 3. The van der Waals surface area contributed by atoms with Crippen molar-refractivity contribution in [3.63, 3.8) is 0 Å². The molecular weight excluding hydrogens is 570 g/mol. The minimum atomic E-state index is -1.16. The van der Waals surface area contributed by atoms with Crippen LogP contribution in [0.2, 0.25) is 0 Å². The van der Waals surface area contributed by atoms with Crippen LogP contribution in [-0.4, -0.2) is 46.1 Å². The third-order valence-electron chi connectivity index (χ3n) is 9.28. The van der Waals surface area contributed by atoms with E-state index in [4.69, 9.17) is 0 Å². The molecule has 0 bridgehead atoms. The first-order valence-corrected chi connectivity index (χ1v) is 20.1. The zero-order valence-electron chi connectivity index (χ0n) is 30.7. The van der Waals surface area contributed by atoms with Crippen LogP contribution in [-0.2, 0) is 4.79 Å². The zero-order valence-corrected chi connectivity index (χ0v) is 30.7. The summed E-state index contributed by atoms with van der Waals surface area (Å²) in [7, 11) is 0. The van der Waals surface area contributed by atoms with Crippen molar-refractivity contribution >= 4 is 5.91 Å². The second kappa shape index (κ2) is 36.7. The predicted octanol–water partition coefficient (Wildman–Crippen LogP) is 11.0.